The molecule has 0 saturated heterocycles. The summed E-state index contributed by atoms with van der Waals surface area (Å²) < 4.78 is 5.47. The number of rotatable bonds is 3. The normalized spacial score (nSPS) is 17.5. The quantitative estimate of drug-likeness (QED) is 0.872. The lowest BCUT2D eigenvalue weighted by atomic mass is 10.1. The van der Waals surface area contributed by atoms with Crippen molar-refractivity contribution in [3.05, 3.63) is 23.8 Å². The van der Waals surface area contributed by atoms with Crippen molar-refractivity contribution in [1.82, 2.24) is 5.32 Å². The van der Waals surface area contributed by atoms with E-state index in [1.807, 2.05) is 13.8 Å². The third-order valence-corrected chi connectivity index (χ3v) is 2.85. The molecule has 0 radical (unpaired) electrons. The summed E-state index contributed by atoms with van der Waals surface area (Å²) in [6.45, 7) is 6.37. The lowest BCUT2D eigenvalue weighted by molar-refractivity contribution is -0.122. The molecule has 0 fully saturated rings. The highest BCUT2D eigenvalue weighted by Gasteiger charge is 2.24. The molecule has 0 aromatic heterocycles. The Hall–Kier alpha value is -2.04. The lowest BCUT2D eigenvalue weighted by Gasteiger charge is -2.23. The predicted octanol–water partition coefficient (Wildman–Crippen LogP) is 1.79. The van der Waals surface area contributed by atoms with Crippen LogP contribution in [-0.4, -0.2) is 24.5 Å². The maximum Gasteiger partial charge on any atom is 0.265 e. The molecule has 1 aromatic carbocycles. The van der Waals surface area contributed by atoms with E-state index >= 15 is 0 Å². The molecular weight excluding hydrogens is 244 g/mol. The van der Waals surface area contributed by atoms with Gasteiger partial charge in [-0.05, 0) is 31.0 Å². The van der Waals surface area contributed by atoms with Crippen LogP contribution in [0.2, 0.25) is 0 Å². The Labute approximate surface area is 112 Å². The van der Waals surface area contributed by atoms with E-state index in [1.165, 1.54) is 0 Å². The minimum Gasteiger partial charge on any atom is -0.479 e. The highest BCUT2D eigenvalue weighted by Crippen LogP contribution is 2.30. The fourth-order valence-corrected chi connectivity index (χ4v) is 1.74. The van der Waals surface area contributed by atoms with Crippen LogP contribution >= 0.6 is 0 Å². The van der Waals surface area contributed by atoms with E-state index in [-0.39, 0.29) is 11.8 Å². The number of anilines is 1. The number of amides is 2. The number of benzene rings is 1. The molecule has 2 N–H and O–H groups in total. The molecule has 102 valence electrons. The van der Waals surface area contributed by atoms with Crippen LogP contribution in [0.15, 0.2) is 18.2 Å². The van der Waals surface area contributed by atoms with Crippen LogP contribution in [0.4, 0.5) is 5.69 Å². The van der Waals surface area contributed by atoms with E-state index < -0.39 is 6.10 Å². The molecule has 1 atom stereocenters. The van der Waals surface area contributed by atoms with E-state index in [0.29, 0.717) is 29.5 Å². The molecule has 0 spiro atoms. The van der Waals surface area contributed by atoms with Gasteiger partial charge in [0, 0.05) is 12.1 Å². The van der Waals surface area contributed by atoms with Crippen molar-refractivity contribution < 1.29 is 14.3 Å². The van der Waals surface area contributed by atoms with Gasteiger partial charge in [0.05, 0.1) is 5.69 Å². The first kappa shape index (κ1) is 13.4. The topological polar surface area (TPSA) is 67.4 Å². The average Bonchev–Trinajstić information content (AvgIpc) is 2.36. The van der Waals surface area contributed by atoms with Crippen molar-refractivity contribution in [3.63, 3.8) is 0 Å². The third kappa shape index (κ3) is 3.05. The van der Waals surface area contributed by atoms with Gasteiger partial charge in [0.25, 0.3) is 11.8 Å². The summed E-state index contributed by atoms with van der Waals surface area (Å²) in [4.78, 5) is 23.4. The van der Waals surface area contributed by atoms with Crippen LogP contribution in [0.25, 0.3) is 0 Å². The van der Waals surface area contributed by atoms with E-state index in [4.69, 9.17) is 4.74 Å². The molecule has 2 rings (SSSR count). The van der Waals surface area contributed by atoms with E-state index in [2.05, 4.69) is 10.6 Å². The Balaban J connectivity index is 2.15. The van der Waals surface area contributed by atoms with E-state index in [0.717, 1.165) is 0 Å². The number of hydrogen-bond acceptors (Lipinski definition) is 3. The van der Waals surface area contributed by atoms with Gasteiger partial charge in [-0.25, -0.2) is 0 Å². The van der Waals surface area contributed by atoms with Crippen molar-refractivity contribution in [2.24, 2.45) is 5.92 Å². The van der Waals surface area contributed by atoms with Crippen molar-refractivity contribution >= 4 is 17.5 Å². The number of carbonyl (C=O) groups excluding carboxylic acids is 2. The number of nitrogens with one attached hydrogen (secondary N) is 2. The van der Waals surface area contributed by atoms with Gasteiger partial charge in [-0.2, -0.15) is 0 Å². The molecule has 0 aliphatic carbocycles. The van der Waals surface area contributed by atoms with Gasteiger partial charge in [0.1, 0.15) is 5.75 Å². The van der Waals surface area contributed by atoms with Crippen molar-refractivity contribution in [1.29, 1.82) is 0 Å². The first-order chi connectivity index (χ1) is 8.97. The summed E-state index contributed by atoms with van der Waals surface area (Å²) in [5.41, 5.74) is 1.13. The molecule has 1 aliphatic rings. The SMILES string of the molecule is CC(C)CNC(=O)c1ccc2c(c1)OC(C)C(=O)N2. The fraction of sp³-hybridized carbons (Fsp3) is 0.429. The molecule has 1 aromatic rings. The second-order valence-electron chi connectivity index (χ2n) is 5.06. The monoisotopic (exact) mass is 262 g/mol. The number of hydrogen-bond donors (Lipinski definition) is 2. The van der Waals surface area contributed by atoms with E-state index in [9.17, 15) is 9.59 Å². The van der Waals surface area contributed by atoms with Gasteiger partial charge in [0.15, 0.2) is 6.10 Å². The van der Waals surface area contributed by atoms with Gasteiger partial charge in [-0.15, -0.1) is 0 Å². The van der Waals surface area contributed by atoms with Crippen LogP contribution < -0.4 is 15.4 Å². The molecule has 5 nitrogen and oxygen atoms in total. The average molecular weight is 262 g/mol. The second-order valence-corrected chi connectivity index (χ2v) is 5.06. The zero-order valence-corrected chi connectivity index (χ0v) is 11.3. The first-order valence-electron chi connectivity index (χ1n) is 6.37. The molecule has 5 heteroatoms. The van der Waals surface area contributed by atoms with Crippen LogP contribution in [0.3, 0.4) is 0 Å². The second kappa shape index (κ2) is 5.30. The summed E-state index contributed by atoms with van der Waals surface area (Å²) in [5, 5.41) is 5.57. The lowest BCUT2D eigenvalue weighted by Crippen LogP contribution is -2.34. The highest BCUT2D eigenvalue weighted by molar-refractivity contribution is 6.00. The van der Waals surface area contributed by atoms with Crippen molar-refractivity contribution in [3.8, 4) is 5.75 Å². The minimum atomic E-state index is -0.540. The van der Waals surface area contributed by atoms with Crippen molar-refractivity contribution in [2.45, 2.75) is 26.9 Å². The van der Waals surface area contributed by atoms with Crippen LogP contribution in [0, 0.1) is 5.92 Å². The largest absolute Gasteiger partial charge is 0.479 e. The number of ether oxygens (including phenoxy) is 1. The third-order valence-electron chi connectivity index (χ3n) is 2.85. The fourth-order valence-electron chi connectivity index (χ4n) is 1.74. The minimum absolute atomic E-state index is 0.135. The Morgan fingerprint density at radius 2 is 2.21 bits per heavy atom. The van der Waals surface area contributed by atoms with Crippen LogP contribution in [-0.2, 0) is 4.79 Å². The first-order valence-corrected chi connectivity index (χ1v) is 6.37. The molecule has 0 bridgehead atoms. The van der Waals surface area contributed by atoms with Gasteiger partial charge >= 0.3 is 0 Å². The molecule has 1 unspecified atom stereocenters. The summed E-state index contributed by atoms with van der Waals surface area (Å²) in [6, 6.07) is 5.01. The van der Waals surface area contributed by atoms with Gasteiger partial charge in [0.2, 0.25) is 0 Å². The molecule has 2 amide bonds. The predicted molar refractivity (Wildman–Crippen MR) is 72.3 cm³/mol. The summed E-state index contributed by atoms with van der Waals surface area (Å²) in [5.74, 6) is 0.621. The molecule has 1 heterocycles. The molecule has 0 saturated carbocycles. The Morgan fingerprint density at radius 3 is 2.89 bits per heavy atom. The molecule has 19 heavy (non-hydrogen) atoms. The maximum atomic E-state index is 11.9. The van der Waals surface area contributed by atoms with Crippen LogP contribution in [0.1, 0.15) is 31.1 Å². The zero-order valence-electron chi connectivity index (χ0n) is 11.3. The number of carbonyl (C=O) groups is 2. The Bertz CT molecular complexity index is 511. The van der Waals surface area contributed by atoms with Gasteiger partial charge in [-0.1, -0.05) is 13.8 Å². The number of fused-ring (bicyclic) bond motifs is 1. The van der Waals surface area contributed by atoms with Gasteiger partial charge < -0.3 is 15.4 Å². The standard InChI is InChI=1S/C14H18N2O3/c1-8(2)7-15-14(18)10-4-5-11-12(6-10)19-9(3)13(17)16-11/h4-6,8-9H,7H2,1-3H3,(H,15,18)(H,16,17). The molecule has 1 aliphatic heterocycles. The summed E-state index contributed by atoms with van der Waals surface area (Å²) in [6.07, 6.45) is -0.540. The summed E-state index contributed by atoms with van der Waals surface area (Å²) in [7, 11) is 0. The Morgan fingerprint density at radius 1 is 1.47 bits per heavy atom. The smallest absolute Gasteiger partial charge is 0.265 e. The summed E-state index contributed by atoms with van der Waals surface area (Å²) >= 11 is 0. The van der Waals surface area contributed by atoms with Gasteiger partial charge in [-0.3, -0.25) is 9.59 Å². The van der Waals surface area contributed by atoms with Crippen molar-refractivity contribution in [2.75, 3.05) is 11.9 Å². The zero-order chi connectivity index (χ0) is 14.0. The van der Waals surface area contributed by atoms with E-state index in [1.54, 1.807) is 25.1 Å². The molecular formula is C14H18N2O3. The Kier molecular flexibility index (Phi) is 3.74. The van der Waals surface area contributed by atoms with Crippen LogP contribution in [0.5, 0.6) is 5.75 Å². The maximum absolute atomic E-state index is 11.9. The highest BCUT2D eigenvalue weighted by atomic mass is 16.5.